The summed E-state index contributed by atoms with van der Waals surface area (Å²) in [5.74, 6) is 2.33. The van der Waals surface area contributed by atoms with E-state index in [0.717, 1.165) is 44.0 Å². The highest BCUT2D eigenvalue weighted by Gasteiger charge is 2.29. The van der Waals surface area contributed by atoms with Gasteiger partial charge in [0.15, 0.2) is 0 Å². The van der Waals surface area contributed by atoms with Crippen LogP contribution in [0.5, 0.6) is 11.5 Å². The van der Waals surface area contributed by atoms with Gasteiger partial charge >= 0.3 is 0 Å². The van der Waals surface area contributed by atoms with Crippen LogP contribution in [0.3, 0.4) is 0 Å². The highest BCUT2D eigenvalue weighted by molar-refractivity contribution is 5.31. The van der Waals surface area contributed by atoms with Crippen molar-refractivity contribution in [1.29, 1.82) is 0 Å². The minimum Gasteiger partial charge on any atom is -0.494 e. The molecule has 1 heterocycles. The number of likely N-dealkylation sites (tertiary alicyclic amines) is 1. The van der Waals surface area contributed by atoms with E-state index in [-0.39, 0.29) is 6.61 Å². The first-order valence-electron chi connectivity index (χ1n) is 7.95. The first-order valence-corrected chi connectivity index (χ1v) is 7.95. The average molecular weight is 293 g/mol. The average Bonchev–Trinajstić information content (AvgIpc) is 2.86. The Bertz CT molecular complexity index is 407. The molecular weight excluding hydrogens is 266 g/mol. The number of benzene rings is 1. The minimum atomic E-state index is 0.241. The summed E-state index contributed by atoms with van der Waals surface area (Å²) in [6.07, 6.45) is 2.17. The van der Waals surface area contributed by atoms with Gasteiger partial charge in [-0.2, -0.15) is 0 Å². The lowest BCUT2D eigenvalue weighted by molar-refractivity contribution is 0.123. The van der Waals surface area contributed by atoms with Crippen LogP contribution in [0.1, 0.15) is 26.7 Å². The molecule has 0 saturated carbocycles. The summed E-state index contributed by atoms with van der Waals surface area (Å²) in [7, 11) is 0. The van der Waals surface area contributed by atoms with E-state index in [1.165, 1.54) is 0 Å². The summed E-state index contributed by atoms with van der Waals surface area (Å²) >= 11 is 0. The molecule has 21 heavy (non-hydrogen) atoms. The zero-order valence-corrected chi connectivity index (χ0v) is 13.1. The van der Waals surface area contributed by atoms with Crippen molar-refractivity contribution in [3.8, 4) is 11.5 Å². The molecule has 0 radical (unpaired) electrons. The summed E-state index contributed by atoms with van der Waals surface area (Å²) in [6.45, 7) is 7.86. The van der Waals surface area contributed by atoms with Crippen molar-refractivity contribution in [3.05, 3.63) is 24.3 Å². The second-order valence-electron chi connectivity index (χ2n) is 5.72. The largest absolute Gasteiger partial charge is 0.494 e. The molecule has 2 rings (SSSR count). The second-order valence-corrected chi connectivity index (χ2v) is 5.72. The first-order chi connectivity index (χ1) is 10.2. The number of hydrogen-bond donors (Lipinski definition) is 1. The van der Waals surface area contributed by atoms with E-state index >= 15 is 0 Å². The third-order valence-corrected chi connectivity index (χ3v) is 4.13. The molecule has 2 atom stereocenters. The van der Waals surface area contributed by atoms with Crippen LogP contribution in [0.4, 0.5) is 0 Å². The normalized spacial score (nSPS) is 22.4. The van der Waals surface area contributed by atoms with Gasteiger partial charge in [0.1, 0.15) is 18.1 Å². The molecule has 0 aliphatic carbocycles. The minimum absolute atomic E-state index is 0.241. The van der Waals surface area contributed by atoms with Gasteiger partial charge in [-0.1, -0.05) is 13.8 Å². The number of aliphatic hydroxyl groups excluding tert-OH is 1. The molecule has 1 aliphatic rings. The predicted molar refractivity (Wildman–Crippen MR) is 84.0 cm³/mol. The Hall–Kier alpha value is -1.26. The quantitative estimate of drug-likeness (QED) is 0.800. The van der Waals surface area contributed by atoms with E-state index in [1.54, 1.807) is 0 Å². The monoisotopic (exact) mass is 293 g/mol. The molecule has 118 valence electrons. The molecule has 1 aliphatic heterocycles. The number of aliphatic hydroxyl groups is 1. The van der Waals surface area contributed by atoms with E-state index in [4.69, 9.17) is 9.47 Å². The zero-order valence-electron chi connectivity index (χ0n) is 13.1. The second kappa shape index (κ2) is 8.25. The summed E-state index contributed by atoms with van der Waals surface area (Å²) < 4.78 is 11.3. The Morgan fingerprint density at radius 3 is 2.33 bits per heavy atom. The molecule has 2 unspecified atom stereocenters. The summed E-state index contributed by atoms with van der Waals surface area (Å²) in [5, 5.41) is 9.43. The smallest absolute Gasteiger partial charge is 0.119 e. The number of ether oxygens (including phenoxy) is 2. The van der Waals surface area contributed by atoms with Gasteiger partial charge < -0.3 is 14.6 Å². The molecule has 1 fully saturated rings. The van der Waals surface area contributed by atoms with Gasteiger partial charge in [-0.15, -0.1) is 0 Å². The lowest BCUT2D eigenvalue weighted by Crippen LogP contribution is -2.37. The van der Waals surface area contributed by atoms with Gasteiger partial charge in [-0.3, -0.25) is 4.90 Å². The van der Waals surface area contributed by atoms with Gasteiger partial charge in [0.05, 0.1) is 13.2 Å². The third kappa shape index (κ3) is 4.61. The van der Waals surface area contributed by atoms with Gasteiger partial charge in [0, 0.05) is 12.6 Å². The molecule has 0 bridgehead atoms. The topological polar surface area (TPSA) is 41.9 Å². The molecule has 4 nitrogen and oxygen atoms in total. The predicted octanol–water partition coefficient (Wildman–Crippen LogP) is 2.56. The summed E-state index contributed by atoms with van der Waals surface area (Å²) in [4.78, 5) is 2.32. The van der Waals surface area contributed by atoms with E-state index in [2.05, 4.69) is 18.7 Å². The number of rotatable bonds is 8. The lowest BCUT2D eigenvalue weighted by Gasteiger charge is -2.24. The summed E-state index contributed by atoms with van der Waals surface area (Å²) in [6, 6.07) is 8.07. The van der Waals surface area contributed by atoms with Gasteiger partial charge in [-0.25, -0.2) is 0 Å². The van der Waals surface area contributed by atoms with Crippen LogP contribution in [0.2, 0.25) is 0 Å². The molecular formula is C17H27NO3. The molecule has 0 aromatic heterocycles. The van der Waals surface area contributed by atoms with Gasteiger partial charge in [0.25, 0.3) is 0 Å². The van der Waals surface area contributed by atoms with E-state index in [9.17, 15) is 5.11 Å². The lowest BCUT2D eigenvalue weighted by atomic mass is 10.0. The van der Waals surface area contributed by atoms with Crippen molar-refractivity contribution in [1.82, 2.24) is 4.90 Å². The van der Waals surface area contributed by atoms with Crippen molar-refractivity contribution in [3.63, 3.8) is 0 Å². The van der Waals surface area contributed by atoms with Gasteiger partial charge in [-0.05, 0) is 49.6 Å². The van der Waals surface area contributed by atoms with Crippen LogP contribution in [0, 0.1) is 5.92 Å². The first kappa shape index (κ1) is 16.1. The Kier molecular flexibility index (Phi) is 6.33. The molecule has 1 aromatic rings. The Labute approximate surface area is 127 Å². The highest BCUT2D eigenvalue weighted by Crippen LogP contribution is 2.23. The van der Waals surface area contributed by atoms with Crippen LogP contribution >= 0.6 is 0 Å². The molecule has 0 spiro atoms. The van der Waals surface area contributed by atoms with E-state index < -0.39 is 0 Å². The Morgan fingerprint density at radius 1 is 1.14 bits per heavy atom. The van der Waals surface area contributed by atoms with E-state index in [1.807, 2.05) is 24.3 Å². The molecule has 1 aromatic carbocycles. The Balaban J connectivity index is 1.73. The van der Waals surface area contributed by atoms with Gasteiger partial charge in [0.2, 0.25) is 0 Å². The number of nitrogens with zero attached hydrogens (tertiary/aromatic N) is 1. The zero-order chi connectivity index (χ0) is 15.1. The Morgan fingerprint density at radius 2 is 1.76 bits per heavy atom. The van der Waals surface area contributed by atoms with Crippen LogP contribution in [-0.2, 0) is 0 Å². The standard InChI is InChI=1S/C17H27NO3/c1-3-11-20-15-4-6-16(7-5-15)21-12-10-18-9-8-14(2)17(18)13-19/h4-7,14,17,19H,3,8-13H2,1-2H3. The molecule has 0 amide bonds. The molecule has 1 saturated heterocycles. The van der Waals surface area contributed by atoms with Crippen LogP contribution in [0.25, 0.3) is 0 Å². The van der Waals surface area contributed by atoms with Crippen molar-refractivity contribution >= 4 is 0 Å². The summed E-state index contributed by atoms with van der Waals surface area (Å²) in [5.41, 5.74) is 0. The fraction of sp³-hybridized carbons (Fsp3) is 0.647. The maximum atomic E-state index is 9.43. The fourth-order valence-electron chi connectivity index (χ4n) is 2.79. The van der Waals surface area contributed by atoms with E-state index in [0.29, 0.717) is 18.6 Å². The molecule has 4 heteroatoms. The fourth-order valence-corrected chi connectivity index (χ4v) is 2.79. The number of hydrogen-bond acceptors (Lipinski definition) is 4. The van der Waals surface area contributed by atoms with Crippen molar-refractivity contribution < 1.29 is 14.6 Å². The van der Waals surface area contributed by atoms with Crippen molar-refractivity contribution in [2.45, 2.75) is 32.7 Å². The van der Waals surface area contributed by atoms with Crippen LogP contribution in [0.15, 0.2) is 24.3 Å². The highest BCUT2D eigenvalue weighted by atomic mass is 16.5. The SMILES string of the molecule is CCCOc1ccc(OCCN2CCC(C)C2CO)cc1. The third-order valence-electron chi connectivity index (χ3n) is 4.13. The van der Waals surface area contributed by atoms with Crippen LogP contribution in [-0.4, -0.2) is 49.0 Å². The van der Waals surface area contributed by atoms with Crippen LogP contribution < -0.4 is 9.47 Å². The molecule has 1 N–H and O–H groups in total. The van der Waals surface area contributed by atoms with Crippen molar-refractivity contribution in [2.24, 2.45) is 5.92 Å². The van der Waals surface area contributed by atoms with Crippen molar-refractivity contribution in [2.75, 3.05) is 32.9 Å². The maximum Gasteiger partial charge on any atom is 0.119 e. The maximum absolute atomic E-state index is 9.43.